The van der Waals surface area contributed by atoms with Crippen molar-refractivity contribution in [2.24, 2.45) is 5.41 Å². The number of halogens is 1. The van der Waals surface area contributed by atoms with Gasteiger partial charge in [-0.1, -0.05) is 38.3 Å². The molecule has 0 aliphatic carbocycles. The van der Waals surface area contributed by atoms with E-state index in [2.05, 4.69) is 13.8 Å². The smallest absolute Gasteiger partial charge is 0.255 e. The van der Waals surface area contributed by atoms with E-state index >= 15 is 0 Å². The van der Waals surface area contributed by atoms with Crippen molar-refractivity contribution < 1.29 is 9.90 Å². The molecule has 0 unspecified atom stereocenters. The molecule has 1 N–H and O–H groups in total. The quantitative estimate of drug-likeness (QED) is 0.912. The third-order valence-corrected chi connectivity index (χ3v) is 5.12. The van der Waals surface area contributed by atoms with Gasteiger partial charge in [0, 0.05) is 13.1 Å². The van der Waals surface area contributed by atoms with Crippen molar-refractivity contribution in [1.82, 2.24) is 4.90 Å². The number of phenolic OH excluding ortho intramolecular Hbond substituents is 1. The Morgan fingerprint density at radius 1 is 1.30 bits per heavy atom. The molecule has 2 rings (SSSR count). The van der Waals surface area contributed by atoms with Gasteiger partial charge in [0.2, 0.25) is 0 Å². The second kappa shape index (κ2) is 6.04. The predicted molar refractivity (Wildman–Crippen MR) is 81.3 cm³/mol. The molecule has 0 saturated carbocycles. The number of carbonyl (C=O) groups is 1. The molecule has 110 valence electrons. The average molecular weight is 296 g/mol. The van der Waals surface area contributed by atoms with Gasteiger partial charge in [0.05, 0.1) is 10.6 Å². The Morgan fingerprint density at radius 2 is 1.90 bits per heavy atom. The maximum atomic E-state index is 12.5. The molecule has 1 aromatic carbocycles. The minimum atomic E-state index is -0.0771. The lowest BCUT2D eigenvalue weighted by Gasteiger charge is -2.41. The van der Waals surface area contributed by atoms with Crippen LogP contribution in [0.4, 0.5) is 0 Å². The van der Waals surface area contributed by atoms with E-state index in [1.54, 1.807) is 6.07 Å². The van der Waals surface area contributed by atoms with Gasteiger partial charge < -0.3 is 10.0 Å². The molecule has 0 radical (unpaired) electrons. The molecule has 1 aliphatic rings. The summed E-state index contributed by atoms with van der Waals surface area (Å²) in [6.45, 7) is 6.00. The first-order valence-electron chi connectivity index (χ1n) is 7.29. The SMILES string of the molecule is CCC1(CC)CCN(C(=O)c2cc(O)ccc2Cl)CC1. The molecule has 1 amide bonds. The first-order chi connectivity index (χ1) is 9.51. The van der Waals surface area contributed by atoms with Crippen molar-refractivity contribution in [3.05, 3.63) is 28.8 Å². The summed E-state index contributed by atoms with van der Waals surface area (Å²) >= 11 is 6.06. The van der Waals surface area contributed by atoms with Crippen LogP contribution in [0.1, 0.15) is 49.9 Å². The molecule has 0 aromatic heterocycles. The summed E-state index contributed by atoms with van der Waals surface area (Å²) in [5, 5.41) is 9.91. The van der Waals surface area contributed by atoms with Gasteiger partial charge in [-0.2, -0.15) is 0 Å². The van der Waals surface area contributed by atoms with Crippen LogP contribution in [-0.4, -0.2) is 29.0 Å². The highest BCUT2D eigenvalue weighted by Gasteiger charge is 2.33. The fourth-order valence-corrected chi connectivity index (χ4v) is 3.19. The van der Waals surface area contributed by atoms with E-state index in [-0.39, 0.29) is 11.7 Å². The Balaban J connectivity index is 2.10. The van der Waals surface area contributed by atoms with Crippen LogP contribution in [0.2, 0.25) is 5.02 Å². The van der Waals surface area contributed by atoms with Crippen LogP contribution >= 0.6 is 11.6 Å². The topological polar surface area (TPSA) is 40.5 Å². The summed E-state index contributed by atoms with van der Waals surface area (Å²) < 4.78 is 0. The van der Waals surface area contributed by atoms with Gasteiger partial charge in [-0.15, -0.1) is 0 Å². The zero-order valence-corrected chi connectivity index (χ0v) is 12.9. The van der Waals surface area contributed by atoms with Crippen molar-refractivity contribution in [1.29, 1.82) is 0 Å². The summed E-state index contributed by atoms with van der Waals surface area (Å²) in [5.74, 6) is -0.00192. The van der Waals surface area contributed by atoms with Crippen molar-refractivity contribution in [3.8, 4) is 5.75 Å². The number of rotatable bonds is 3. The fourth-order valence-electron chi connectivity index (χ4n) is 2.99. The van der Waals surface area contributed by atoms with Crippen molar-refractivity contribution in [2.75, 3.05) is 13.1 Å². The number of benzene rings is 1. The normalized spacial score (nSPS) is 18.1. The third-order valence-electron chi connectivity index (χ3n) is 4.79. The number of amides is 1. The molecule has 20 heavy (non-hydrogen) atoms. The van der Waals surface area contributed by atoms with Gasteiger partial charge in [-0.3, -0.25) is 4.79 Å². The first-order valence-corrected chi connectivity index (χ1v) is 7.67. The third kappa shape index (κ3) is 2.93. The van der Waals surface area contributed by atoms with Crippen LogP contribution < -0.4 is 0 Å². The van der Waals surface area contributed by atoms with E-state index in [0.29, 0.717) is 16.0 Å². The molecule has 1 heterocycles. The molecule has 1 saturated heterocycles. The highest BCUT2D eigenvalue weighted by atomic mass is 35.5. The lowest BCUT2D eigenvalue weighted by Crippen LogP contribution is -2.42. The van der Waals surface area contributed by atoms with Gasteiger partial charge >= 0.3 is 0 Å². The largest absolute Gasteiger partial charge is 0.508 e. The van der Waals surface area contributed by atoms with Gasteiger partial charge in [0.15, 0.2) is 0 Å². The Labute approximate surface area is 125 Å². The maximum Gasteiger partial charge on any atom is 0.255 e. The van der Waals surface area contributed by atoms with Crippen molar-refractivity contribution >= 4 is 17.5 Å². The van der Waals surface area contributed by atoms with E-state index in [4.69, 9.17) is 11.6 Å². The number of phenols is 1. The summed E-state index contributed by atoms with van der Waals surface area (Å²) in [5.41, 5.74) is 0.784. The Hall–Kier alpha value is -1.22. The number of carbonyl (C=O) groups excluding carboxylic acids is 1. The zero-order valence-electron chi connectivity index (χ0n) is 12.2. The van der Waals surface area contributed by atoms with E-state index in [0.717, 1.165) is 25.9 Å². The lowest BCUT2D eigenvalue weighted by molar-refractivity contribution is 0.0557. The van der Waals surface area contributed by atoms with Crippen LogP contribution in [0, 0.1) is 5.41 Å². The van der Waals surface area contributed by atoms with Gasteiger partial charge in [-0.25, -0.2) is 0 Å². The van der Waals surface area contributed by atoms with Gasteiger partial charge in [0.1, 0.15) is 5.75 Å². The number of piperidine rings is 1. The summed E-state index contributed by atoms with van der Waals surface area (Å²) in [6, 6.07) is 4.51. The summed E-state index contributed by atoms with van der Waals surface area (Å²) in [4.78, 5) is 14.3. The molecule has 0 atom stereocenters. The second-order valence-electron chi connectivity index (χ2n) is 5.66. The molecule has 1 fully saturated rings. The number of hydrogen-bond donors (Lipinski definition) is 1. The highest BCUT2D eigenvalue weighted by molar-refractivity contribution is 6.33. The number of aromatic hydroxyl groups is 1. The van der Waals surface area contributed by atoms with E-state index < -0.39 is 0 Å². The van der Waals surface area contributed by atoms with Gasteiger partial charge in [0.25, 0.3) is 5.91 Å². The molecule has 1 aliphatic heterocycles. The molecule has 0 spiro atoms. The van der Waals surface area contributed by atoms with Crippen LogP contribution in [0.5, 0.6) is 5.75 Å². The molecule has 0 bridgehead atoms. The first kappa shape index (κ1) is 15.2. The summed E-state index contributed by atoms with van der Waals surface area (Å²) in [7, 11) is 0. The molecule has 1 aromatic rings. The standard InChI is InChI=1S/C16H22ClNO2/c1-3-16(4-2)7-9-18(10-8-16)15(20)13-11-12(19)5-6-14(13)17/h5-6,11,19H,3-4,7-10H2,1-2H3. The van der Waals surface area contributed by atoms with E-state index in [1.165, 1.54) is 25.0 Å². The Bertz CT molecular complexity index is 487. The second-order valence-corrected chi connectivity index (χ2v) is 6.07. The van der Waals surface area contributed by atoms with Crippen molar-refractivity contribution in [3.63, 3.8) is 0 Å². The van der Waals surface area contributed by atoms with E-state index in [9.17, 15) is 9.90 Å². The minimum Gasteiger partial charge on any atom is -0.508 e. The molecule has 3 nitrogen and oxygen atoms in total. The minimum absolute atomic E-state index is 0.0752. The predicted octanol–water partition coefficient (Wildman–Crippen LogP) is 4.09. The van der Waals surface area contributed by atoms with Crippen LogP contribution in [0.25, 0.3) is 0 Å². The Morgan fingerprint density at radius 3 is 2.45 bits per heavy atom. The molecule has 4 heteroatoms. The number of hydrogen-bond acceptors (Lipinski definition) is 2. The van der Waals surface area contributed by atoms with Gasteiger partial charge in [-0.05, 0) is 36.5 Å². The zero-order chi connectivity index (χ0) is 14.8. The van der Waals surface area contributed by atoms with Crippen LogP contribution in [-0.2, 0) is 0 Å². The molecular formula is C16H22ClNO2. The lowest BCUT2D eigenvalue weighted by atomic mass is 9.74. The Kier molecular flexibility index (Phi) is 4.59. The summed E-state index contributed by atoms with van der Waals surface area (Å²) in [6.07, 6.45) is 4.42. The maximum absolute atomic E-state index is 12.5. The van der Waals surface area contributed by atoms with E-state index in [1.807, 2.05) is 4.90 Å². The van der Waals surface area contributed by atoms with Crippen LogP contribution in [0.15, 0.2) is 18.2 Å². The highest BCUT2D eigenvalue weighted by Crippen LogP contribution is 2.38. The monoisotopic (exact) mass is 295 g/mol. The fraction of sp³-hybridized carbons (Fsp3) is 0.562. The molecular weight excluding hydrogens is 274 g/mol. The average Bonchev–Trinajstić information content (AvgIpc) is 2.49. The van der Waals surface area contributed by atoms with Crippen LogP contribution in [0.3, 0.4) is 0 Å². The van der Waals surface area contributed by atoms with Crippen molar-refractivity contribution in [2.45, 2.75) is 39.5 Å². The number of nitrogens with zero attached hydrogens (tertiary/aromatic N) is 1. The number of likely N-dealkylation sites (tertiary alicyclic amines) is 1.